The zero-order valence-electron chi connectivity index (χ0n) is 10.5. The fourth-order valence-electron chi connectivity index (χ4n) is 2.01. The molecule has 17 heavy (non-hydrogen) atoms. The molecule has 0 saturated carbocycles. The molecular formula is C11H22N4O2. The van der Waals surface area contributed by atoms with Crippen LogP contribution < -0.4 is 11.1 Å². The standard InChI is InChI=1S/C11H22N4O2/c1-3-15-6-4-5-9(7-15)13-11(16)8(2)10(12)14-17/h8-9,17H,3-7H2,1-2H3,(H2,12,14)(H,13,16). The van der Waals surface area contributed by atoms with Gasteiger partial charge < -0.3 is 21.2 Å². The van der Waals surface area contributed by atoms with Crippen LogP contribution in [0.25, 0.3) is 0 Å². The Bertz CT molecular complexity index is 293. The van der Waals surface area contributed by atoms with E-state index in [1.54, 1.807) is 6.92 Å². The van der Waals surface area contributed by atoms with Gasteiger partial charge in [0, 0.05) is 12.6 Å². The Labute approximate surface area is 102 Å². The first-order valence-electron chi connectivity index (χ1n) is 6.08. The third-order valence-corrected chi connectivity index (χ3v) is 3.25. The summed E-state index contributed by atoms with van der Waals surface area (Å²) in [6, 6.07) is 0.171. The topological polar surface area (TPSA) is 91.0 Å². The van der Waals surface area contributed by atoms with E-state index in [2.05, 4.69) is 22.3 Å². The van der Waals surface area contributed by atoms with Crippen LogP contribution in [0.3, 0.4) is 0 Å². The maximum atomic E-state index is 11.8. The van der Waals surface area contributed by atoms with E-state index in [9.17, 15) is 4.79 Å². The second kappa shape index (κ2) is 6.44. The van der Waals surface area contributed by atoms with Gasteiger partial charge in [-0.3, -0.25) is 4.79 Å². The number of nitrogens with two attached hydrogens (primary N) is 1. The number of piperidine rings is 1. The average Bonchev–Trinajstić information content (AvgIpc) is 2.37. The summed E-state index contributed by atoms with van der Waals surface area (Å²) < 4.78 is 0. The first-order valence-corrected chi connectivity index (χ1v) is 6.08. The van der Waals surface area contributed by atoms with Crippen molar-refractivity contribution in [2.45, 2.75) is 32.7 Å². The molecule has 0 spiro atoms. The lowest BCUT2D eigenvalue weighted by atomic mass is 10.0. The Morgan fingerprint density at radius 1 is 1.71 bits per heavy atom. The number of nitrogens with one attached hydrogen (secondary N) is 1. The number of hydrogen-bond donors (Lipinski definition) is 3. The Morgan fingerprint density at radius 2 is 2.41 bits per heavy atom. The minimum atomic E-state index is -0.586. The summed E-state index contributed by atoms with van der Waals surface area (Å²) in [5, 5.41) is 14.3. The van der Waals surface area contributed by atoms with Gasteiger partial charge in [-0.15, -0.1) is 0 Å². The molecule has 1 rings (SSSR count). The van der Waals surface area contributed by atoms with Gasteiger partial charge in [-0.1, -0.05) is 12.1 Å². The highest BCUT2D eigenvalue weighted by Crippen LogP contribution is 2.10. The van der Waals surface area contributed by atoms with Gasteiger partial charge in [-0.05, 0) is 32.9 Å². The molecule has 1 aliphatic heterocycles. The van der Waals surface area contributed by atoms with Gasteiger partial charge >= 0.3 is 0 Å². The van der Waals surface area contributed by atoms with Gasteiger partial charge in [0.2, 0.25) is 5.91 Å². The molecule has 0 aromatic carbocycles. The summed E-state index contributed by atoms with van der Waals surface area (Å²) in [5.74, 6) is -0.814. The predicted molar refractivity (Wildman–Crippen MR) is 65.9 cm³/mol. The molecule has 1 fully saturated rings. The highest BCUT2D eigenvalue weighted by Gasteiger charge is 2.24. The van der Waals surface area contributed by atoms with Crippen molar-refractivity contribution >= 4 is 11.7 Å². The first-order chi connectivity index (χ1) is 8.08. The summed E-state index contributed by atoms with van der Waals surface area (Å²) in [7, 11) is 0. The Kier molecular flexibility index (Phi) is 5.21. The predicted octanol–water partition coefficient (Wildman–Crippen LogP) is -0.0306. The van der Waals surface area contributed by atoms with Crippen LogP contribution in [-0.4, -0.2) is 47.5 Å². The van der Waals surface area contributed by atoms with E-state index in [0.717, 1.165) is 32.5 Å². The molecule has 1 amide bonds. The third-order valence-electron chi connectivity index (χ3n) is 3.25. The largest absolute Gasteiger partial charge is 0.409 e. The van der Waals surface area contributed by atoms with Crippen LogP contribution in [0.5, 0.6) is 0 Å². The summed E-state index contributed by atoms with van der Waals surface area (Å²) in [5.41, 5.74) is 5.40. The van der Waals surface area contributed by atoms with Crippen molar-refractivity contribution in [3.8, 4) is 0 Å². The smallest absolute Gasteiger partial charge is 0.230 e. The van der Waals surface area contributed by atoms with E-state index in [1.165, 1.54) is 0 Å². The number of oxime groups is 1. The second-order valence-electron chi connectivity index (χ2n) is 4.49. The molecule has 4 N–H and O–H groups in total. The molecule has 2 unspecified atom stereocenters. The van der Waals surface area contributed by atoms with Gasteiger partial charge in [0.25, 0.3) is 0 Å². The molecule has 0 bridgehead atoms. The van der Waals surface area contributed by atoms with Crippen molar-refractivity contribution < 1.29 is 10.0 Å². The Hall–Kier alpha value is -1.30. The summed E-state index contributed by atoms with van der Waals surface area (Å²) >= 11 is 0. The fraction of sp³-hybridized carbons (Fsp3) is 0.818. The molecule has 0 radical (unpaired) electrons. The lowest BCUT2D eigenvalue weighted by Crippen LogP contribution is -2.50. The van der Waals surface area contributed by atoms with Crippen LogP contribution in [0.4, 0.5) is 0 Å². The zero-order valence-corrected chi connectivity index (χ0v) is 10.5. The molecule has 2 atom stereocenters. The quantitative estimate of drug-likeness (QED) is 0.279. The highest BCUT2D eigenvalue weighted by molar-refractivity contribution is 6.01. The summed E-state index contributed by atoms with van der Waals surface area (Å²) in [6.07, 6.45) is 2.09. The van der Waals surface area contributed by atoms with E-state index in [-0.39, 0.29) is 17.8 Å². The molecule has 1 saturated heterocycles. The number of amides is 1. The molecule has 1 aliphatic rings. The minimum Gasteiger partial charge on any atom is -0.409 e. The van der Waals surface area contributed by atoms with Crippen molar-refractivity contribution in [3.05, 3.63) is 0 Å². The number of likely N-dealkylation sites (tertiary alicyclic amines) is 1. The molecule has 0 aromatic heterocycles. The van der Waals surface area contributed by atoms with E-state index < -0.39 is 5.92 Å². The van der Waals surface area contributed by atoms with Crippen LogP contribution in [0.2, 0.25) is 0 Å². The van der Waals surface area contributed by atoms with Crippen molar-refractivity contribution in [2.24, 2.45) is 16.8 Å². The Balaban J connectivity index is 2.45. The number of amidine groups is 1. The third kappa shape index (κ3) is 3.89. The Morgan fingerprint density at radius 3 is 3.00 bits per heavy atom. The monoisotopic (exact) mass is 242 g/mol. The number of carbonyl (C=O) groups excluding carboxylic acids is 1. The average molecular weight is 242 g/mol. The van der Waals surface area contributed by atoms with Crippen LogP contribution >= 0.6 is 0 Å². The maximum Gasteiger partial charge on any atom is 0.230 e. The molecule has 0 aromatic rings. The number of rotatable bonds is 4. The lowest BCUT2D eigenvalue weighted by Gasteiger charge is -2.32. The molecule has 6 heteroatoms. The van der Waals surface area contributed by atoms with Crippen LogP contribution in [0, 0.1) is 5.92 Å². The maximum absolute atomic E-state index is 11.8. The highest BCUT2D eigenvalue weighted by atomic mass is 16.4. The molecular weight excluding hydrogens is 220 g/mol. The van der Waals surface area contributed by atoms with E-state index in [4.69, 9.17) is 10.9 Å². The lowest BCUT2D eigenvalue weighted by molar-refractivity contribution is -0.123. The van der Waals surface area contributed by atoms with Crippen molar-refractivity contribution in [1.29, 1.82) is 0 Å². The van der Waals surface area contributed by atoms with E-state index >= 15 is 0 Å². The van der Waals surface area contributed by atoms with Crippen LogP contribution in [0.1, 0.15) is 26.7 Å². The molecule has 6 nitrogen and oxygen atoms in total. The molecule has 1 heterocycles. The van der Waals surface area contributed by atoms with E-state index in [0.29, 0.717) is 0 Å². The van der Waals surface area contributed by atoms with Gasteiger partial charge in [-0.25, -0.2) is 0 Å². The van der Waals surface area contributed by atoms with Gasteiger partial charge in [0.1, 0.15) is 0 Å². The molecule has 98 valence electrons. The summed E-state index contributed by atoms with van der Waals surface area (Å²) in [4.78, 5) is 14.1. The van der Waals surface area contributed by atoms with Crippen molar-refractivity contribution in [2.75, 3.05) is 19.6 Å². The van der Waals surface area contributed by atoms with Gasteiger partial charge in [-0.2, -0.15) is 0 Å². The second-order valence-corrected chi connectivity index (χ2v) is 4.49. The van der Waals surface area contributed by atoms with Crippen LogP contribution in [-0.2, 0) is 4.79 Å². The molecule has 0 aliphatic carbocycles. The van der Waals surface area contributed by atoms with E-state index in [1.807, 2.05) is 0 Å². The van der Waals surface area contributed by atoms with Crippen molar-refractivity contribution in [3.63, 3.8) is 0 Å². The van der Waals surface area contributed by atoms with Gasteiger partial charge in [0.15, 0.2) is 5.84 Å². The number of nitrogens with zero attached hydrogens (tertiary/aromatic N) is 2. The SMILES string of the molecule is CCN1CCCC(NC(=O)C(C)/C(N)=N/O)C1. The zero-order chi connectivity index (χ0) is 12.8. The number of hydrogen-bond acceptors (Lipinski definition) is 4. The fourth-order valence-corrected chi connectivity index (χ4v) is 2.01. The summed E-state index contributed by atoms with van der Waals surface area (Å²) in [6.45, 7) is 6.72. The normalized spacial score (nSPS) is 24.4. The number of likely N-dealkylation sites (N-methyl/N-ethyl adjacent to an activating group) is 1. The first kappa shape index (κ1) is 13.8. The number of carbonyl (C=O) groups is 1. The van der Waals surface area contributed by atoms with Crippen LogP contribution in [0.15, 0.2) is 5.16 Å². The van der Waals surface area contributed by atoms with Gasteiger partial charge in [0.05, 0.1) is 5.92 Å². The minimum absolute atomic E-state index is 0.0503. The van der Waals surface area contributed by atoms with Crippen molar-refractivity contribution in [1.82, 2.24) is 10.2 Å².